The molecule has 0 aromatic carbocycles. The molecule has 3 heterocycles. The molecule has 0 unspecified atom stereocenters. The van der Waals surface area contributed by atoms with Gasteiger partial charge in [0, 0.05) is 58.3 Å². The molecule has 0 bridgehead atoms. The highest BCUT2D eigenvalue weighted by atomic mass is 16.5. The molecular weight excluding hydrogens is 380 g/mol. The number of hydrogen-bond acceptors (Lipinski definition) is 6. The predicted octanol–water partition coefficient (Wildman–Crippen LogP) is 2.17. The molecule has 3 rings (SSSR count). The Bertz CT molecular complexity index is 895. The molecule has 8 nitrogen and oxygen atoms in total. The SMILES string of the molecule is COCCCn1c(C)c(C)c(C#N)c1NC(=O)CN1CCN(c2ccccn2)CC1. The number of methoxy groups -OCH3 is 1. The normalized spacial score (nSPS) is 14.5. The van der Waals surface area contributed by atoms with Crippen molar-refractivity contribution in [3.63, 3.8) is 0 Å². The van der Waals surface area contributed by atoms with Crippen LogP contribution in [0.2, 0.25) is 0 Å². The first-order valence-corrected chi connectivity index (χ1v) is 10.3. The summed E-state index contributed by atoms with van der Waals surface area (Å²) in [6.45, 7) is 8.79. The molecule has 160 valence electrons. The number of rotatable bonds is 8. The summed E-state index contributed by atoms with van der Waals surface area (Å²) in [5.41, 5.74) is 2.45. The second-order valence-corrected chi connectivity index (χ2v) is 7.54. The van der Waals surface area contributed by atoms with E-state index in [1.54, 1.807) is 13.3 Å². The summed E-state index contributed by atoms with van der Waals surface area (Å²) >= 11 is 0. The molecule has 0 atom stereocenters. The van der Waals surface area contributed by atoms with E-state index in [0.717, 1.165) is 49.7 Å². The van der Waals surface area contributed by atoms with Crippen molar-refractivity contribution in [1.29, 1.82) is 5.26 Å². The van der Waals surface area contributed by atoms with Gasteiger partial charge in [0.25, 0.3) is 0 Å². The Balaban J connectivity index is 1.61. The van der Waals surface area contributed by atoms with E-state index in [0.29, 0.717) is 31.1 Å². The molecule has 1 amide bonds. The van der Waals surface area contributed by atoms with Crippen LogP contribution in [0.4, 0.5) is 11.6 Å². The van der Waals surface area contributed by atoms with Gasteiger partial charge >= 0.3 is 0 Å². The highest BCUT2D eigenvalue weighted by Crippen LogP contribution is 2.26. The Morgan fingerprint density at radius 3 is 2.67 bits per heavy atom. The van der Waals surface area contributed by atoms with E-state index < -0.39 is 0 Å². The molecule has 1 fully saturated rings. The fourth-order valence-corrected chi connectivity index (χ4v) is 3.83. The molecule has 1 saturated heterocycles. The first kappa shape index (κ1) is 21.8. The van der Waals surface area contributed by atoms with Gasteiger partial charge in [0.2, 0.25) is 5.91 Å². The minimum Gasteiger partial charge on any atom is -0.385 e. The van der Waals surface area contributed by atoms with E-state index in [1.165, 1.54) is 0 Å². The van der Waals surface area contributed by atoms with Crippen molar-refractivity contribution in [3.05, 3.63) is 41.2 Å². The number of aromatic nitrogens is 2. The van der Waals surface area contributed by atoms with Crippen molar-refractivity contribution in [2.24, 2.45) is 0 Å². The molecule has 0 aliphatic carbocycles. The van der Waals surface area contributed by atoms with Gasteiger partial charge < -0.3 is 19.5 Å². The van der Waals surface area contributed by atoms with Crippen molar-refractivity contribution >= 4 is 17.5 Å². The fourth-order valence-electron chi connectivity index (χ4n) is 3.83. The molecule has 1 aliphatic rings. The minimum absolute atomic E-state index is 0.0942. The van der Waals surface area contributed by atoms with Gasteiger partial charge in [-0.3, -0.25) is 9.69 Å². The number of nitrogens with one attached hydrogen (secondary N) is 1. The van der Waals surface area contributed by atoms with Crippen LogP contribution in [0.5, 0.6) is 0 Å². The highest BCUT2D eigenvalue weighted by Gasteiger charge is 2.23. The van der Waals surface area contributed by atoms with Crippen LogP contribution in [0, 0.1) is 25.2 Å². The quantitative estimate of drug-likeness (QED) is 0.671. The van der Waals surface area contributed by atoms with Crippen LogP contribution in [0.25, 0.3) is 0 Å². The summed E-state index contributed by atoms with van der Waals surface area (Å²) in [7, 11) is 1.67. The van der Waals surface area contributed by atoms with E-state index in [1.807, 2.05) is 36.6 Å². The van der Waals surface area contributed by atoms with Crippen LogP contribution in [-0.4, -0.2) is 66.8 Å². The molecule has 1 aliphatic heterocycles. The molecular formula is C22H30N6O2. The third-order valence-electron chi connectivity index (χ3n) is 5.64. The molecule has 1 N–H and O–H groups in total. The summed E-state index contributed by atoms with van der Waals surface area (Å²) in [5, 5.41) is 12.6. The maximum absolute atomic E-state index is 12.8. The van der Waals surface area contributed by atoms with E-state index in [9.17, 15) is 10.1 Å². The highest BCUT2D eigenvalue weighted by molar-refractivity contribution is 5.93. The van der Waals surface area contributed by atoms with E-state index in [2.05, 4.69) is 26.2 Å². The van der Waals surface area contributed by atoms with Crippen molar-refractivity contribution in [1.82, 2.24) is 14.5 Å². The van der Waals surface area contributed by atoms with Crippen molar-refractivity contribution in [2.45, 2.75) is 26.8 Å². The lowest BCUT2D eigenvalue weighted by atomic mass is 10.2. The summed E-state index contributed by atoms with van der Waals surface area (Å²) in [6, 6.07) is 8.16. The molecule has 0 radical (unpaired) electrons. The Morgan fingerprint density at radius 1 is 1.27 bits per heavy atom. The van der Waals surface area contributed by atoms with Gasteiger partial charge in [-0.2, -0.15) is 5.26 Å². The number of pyridine rings is 1. The zero-order valence-electron chi connectivity index (χ0n) is 18.0. The molecule has 30 heavy (non-hydrogen) atoms. The van der Waals surface area contributed by atoms with Crippen LogP contribution in [0.15, 0.2) is 24.4 Å². The lowest BCUT2D eigenvalue weighted by Crippen LogP contribution is -2.49. The van der Waals surface area contributed by atoms with E-state index in [4.69, 9.17) is 4.74 Å². The van der Waals surface area contributed by atoms with Crippen LogP contribution in [0.3, 0.4) is 0 Å². The number of ether oxygens (including phenoxy) is 1. The molecule has 2 aromatic rings. The Kier molecular flexibility index (Phi) is 7.44. The second kappa shape index (κ2) is 10.2. The number of nitrogens with zero attached hydrogens (tertiary/aromatic N) is 5. The Labute approximate surface area is 178 Å². The number of piperazine rings is 1. The summed E-state index contributed by atoms with van der Waals surface area (Å²) in [5.74, 6) is 1.48. The van der Waals surface area contributed by atoms with Gasteiger partial charge in [-0.1, -0.05) is 6.07 Å². The average Bonchev–Trinajstić information content (AvgIpc) is 2.98. The van der Waals surface area contributed by atoms with Crippen LogP contribution in [-0.2, 0) is 16.1 Å². The third kappa shape index (κ3) is 4.99. The lowest BCUT2D eigenvalue weighted by molar-refractivity contribution is -0.117. The zero-order valence-corrected chi connectivity index (χ0v) is 18.0. The van der Waals surface area contributed by atoms with Gasteiger partial charge in [-0.15, -0.1) is 0 Å². The number of carbonyl (C=O) groups excluding carboxylic acids is 1. The Morgan fingerprint density at radius 2 is 2.03 bits per heavy atom. The molecule has 0 spiro atoms. The topological polar surface area (TPSA) is 86.4 Å². The largest absolute Gasteiger partial charge is 0.385 e. The van der Waals surface area contributed by atoms with Crippen molar-refractivity contribution in [3.8, 4) is 6.07 Å². The molecule has 0 saturated carbocycles. The smallest absolute Gasteiger partial charge is 0.239 e. The predicted molar refractivity (Wildman–Crippen MR) is 117 cm³/mol. The second-order valence-electron chi connectivity index (χ2n) is 7.54. The molecule has 2 aromatic heterocycles. The van der Waals surface area contributed by atoms with Gasteiger partial charge in [-0.25, -0.2) is 4.98 Å². The van der Waals surface area contributed by atoms with Crippen LogP contribution >= 0.6 is 0 Å². The zero-order chi connectivity index (χ0) is 21.5. The van der Waals surface area contributed by atoms with Gasteiger partial charge in [0.1, 0.15) is 17.7 Å². The van der Waals surface area contributed by atoms with E-state index in [-0.39, 0.29) is 5.91 Å². The van der Waals surface area contributed by atoms with Crippen LogP contribution < -0.4 is 10.2 Å². The third-order valence-corrected chi connectivity index (χ3v) is 5.64. The van der Waals surface area contributed by atoms with Gasteiger partial charge in [0.05, 0.1) is 12.1 Å². The van der Waals surface area contributed by atoms with Crippen molar-refractivity contribution < 1.29 is 9.53 Å². The first-order chi connectivity index (χ1) is 14.5. The maximum Gasteiger partial charge on any atom is 0.239 e. The standard InChI is InChI=1S/C22H30N6O2/c1-17-18(2)28(9-6-14-30-3)22(19(17)15-23)25-21(29)16-26-10-12-27(13-11-26)20-7-4-5-8-24-20/h4-5,7-8H,6,9-14,16H2,1-3H3,(H,25,29). The van der Waals surface area contributed by atoms with Crippen molar-refractivity contribution in [2.75, 3.05) is 56.7 Å². The monoisotopic (exact) mass is 410 g/mol. The van der Waals surface area contributed by atoms with Gasteiger partial charge in [-0.05, 0) is 38.0 Å². The summed E-state index contributed by atoms with van der Waals surface area (Å²) in [6.07, 6.45) is 2.61. The lowest BCUT2D eigenvalue weighted by Gasteiger charge is -2.34. The van der Waals surface area contributed by atoms with Crippen LogP contribution in [0.1, 0.15) is 23.2 Å². The average molecular weight is 411 g/mol. The Hall–Kier alpha value is -2.89. The number of nitriles is 1. The molecule has 8 heteroatoms. The number of carbonyl (C=O) groups is 1. The first-order valence-electron chi connectivity index (χ1n) is 10.3. The number of hydrogen-bond donors (Lipinski definition) is 1. The number of amides is 1. The summed E-state index contributed by atoms with van der Waals surface area (Å²) < 4.78 is 7.17. The summed E-state index contributed by atoms with van der Waals surface area (Å²) in [4.78, 5) is 21.5. The fraction of sp³-hybridized carbons (Fsp3) is 0.500. The minimum atomic E-state index is -0.0942. The van der Waals surface area contributed by atoms with Gasteiger partial charge in [0.15, 0.2) is 0 Å². The number of anilines is 2. The maximum atomic E-state index is 12.8. The van der Waals surface area contributed by atoms with E-state index >= 15 is 0 Å².